The van der Waals surface area contributed by atoms with Crippen molar-refractivity contribution in [1.82, 2.24) is 9.47 Å². The third-order valence-electron chi connectivity index (χ3n) is 5.88. The monoisotopic (exact) mass is 407 g/mol. The maximum Gasteiger partial charge on any atom is 0.348 e. The van der Waals surface area contributed by atoms with Crippen LogP contribution < -0.4 is 5.32 Å². The molecule has 0 atom stereocenters. The zero-order valence-electron chi connectivity index (χ0n) is 16.1. The molecule has 0 radical (unpaired) electrons. The highest BCUT2D eigenvalue weighted by Crippen LogP contribution is 2.43. The first-order valence-corrected chi connectivity index (χ1v) is 10.5. The van der Waals surface area contributed by atoms with Crippen molar-refractivity contribution in [2.45, 2.75) is 18.4 Å². The lowest BCUT2D eigenvalue weighted by Gasteiger charge is -2.46. The highest BCUT2D eigenvalue weighted by Gasteiger charge is 2.42. The first kappa shape index (κ1) is 18.0. The van der Waals surface area contributed by atoms with E-state index < -0.39 is 5.97 Å². The van der Waals surface area contributed by atoms with Crippen LogP contribution in [-0.4, -0.2) is 41.5 Å². The van der Waals surface area contributed by atoms with Gasteiger partial charge in [0, 0.05) is 25.0 Å². The standard InChI is InChI=1S/C22H21N3O3S/c1-28-21(27)18-9-8-17(29-18)20(26)24-13-10-22(11-14-24)19-7-4-12-25(19)16-6-3-2-5-15(16)23-22/h2-9,12,23H,10-11,13-14H2,1H3. The topological polar surface area (TPSA) is 63.6 Å². The zero-order chi connectivity index (χ0) is 20.0. The third kappa shape index (κ3) is 2.84. The number of piperidine rings is 1. The molecule has 0 unspecified atom stereocenters. The Kier molecular flexibility index (Phi) is 4.20. The summed E-state index contributed by atoms with van der Waals surface area (Å²) in [6.07, 6.45) is 3.76. The van der Waals surface area contributed by atoms with Crippen molar-refractivity contribution in [3.8, 4) is 5.69 Å². The Labute approximate surface area is 172 Å². The van der Waals surface area contributed by atoms with Crippen LogP contribution in [0.1, 0.15) is 37.9 Å². The number of fused-ring (bicyclic) bond motifs is 4. The van der Waals surface area contributed by atoms with Gasteiger partial charge in [0.2, 0.25) is 0 Å². The fourth-order valence-electron chi connectivity index (χ4n) is 4.38. The molecule has 29 heavy (non-hydrogen) atoms. The Morgan fingerprint density at radius 2 is 1.79 bits per heavy atom. The molecule has 1 aromatic carbocycles. The number of nitrogens with one attached hydrogen (secondary N) is 1. The van der Waals surface area contributed by atoms with Gasteiger partial charge in [0.25, 0.3) is 5.91 Å². The molecule has 7 heteroatoms. The van der Waals surface area contributed by atoms with Crippen LogP contribution in [-0.2, 0) is 10.3 Å². The number of amides is 1. The SMILES string of the molecule is COC(=O)c1ccc(C(=O)N2CCC3(CC2)Nc2ccccc2-n2cccc23)s1. The molecule has 5 rings (SSSR count). The molecule has 2 aliphatic rings. The van der Waals surface area contributed by atoms with Crippen LogP contribution in [0.25, 0.3) is 5.69 Å². The van der Waals surface area contributed by atoms with Gasteiger partial charge in [-0.3, -0.25) is 4.79 Å². The lowest BCUT2D eigenvalue weighted by atomic mass is 9.82. The van der Waals surface area contributed by atoms with Crippen molar-refractivity contribution in [3.05, 3.63) is 70.2 Å². The van der Waals surface area contributed by atoms with E-state index in [0.717, 1.165) is 24.2 Å². The summed E-state index contributed by atoms with van der Waals surface area (Å²) in [7, 11) is 1.35. The first-order chi connectivity index (χ1) is 14.1. The summed E-state index contributed by atoms with van der Waals surface area (Å²) in [6.45, 7) is 1.31. The quantitative estimate of drug-likeness (QED) is 0.655. The number of likely N-dealkylation sites (tertiary alicyclic amines) is 1. The van der Waals surface area contributed by atoms with E-state index in [2.05, 4.69) is 40.3 Å². The van der Waals surface area contributed by atoms with Gasteiger partial charge in [0.05, 0.1) is 28.9 Å². The van der Waals surface area contributed by atoms with E-state index in [9.17, 15) is 9.59 Å². The van der Waals surface area contributed by atoms with Gasteiger partial charge in [-0.25, -0.2) is 4.79 Å². The van der Waals surface area contributed by atoms with E-state index in [1.165, 1.54) is 24.1 Å². The van der Waals surface area contributed by atoms with E-state index in [1.807, 2.05) is 17.0 Å². The summed E-state index contributed by atoms with van der Waals surface area (Å²) in [5, 5.41) is 3.76. The number of hydrogen-bond donors (Lipinski definition) is 1. The average molecular weight is 407 g/mol. The highest BCUT2D eigenvalue weighted by molar-refractivity contribution is 7.15. The number of carbonyl (C=O) groups is 2. The summed E-state index contributed by atoms with van der Waals surface area (Å²) in [6, 6.07) is 15.9. The number of anilines is 1. The van der Waals surface area contributed by atoms with Crippen LogP contribution in [0, 0.1) is 0 Å². The van der Waals surface area contributed by atoms with E-state index in [-0.39, 0.29) is 11.4 Å². The molecule has 148 valence electrons. The predicted molar refractivity (Wildman–Crippen MR) is 112 cm³/mol. The van der Waals surface area contributed by atoms with Crippen molar-refractivity contribution in [3.63, 3.8) is 0 Å². The van der Waals surface area contributed by atoms with Gasteiger partial charge in [0.15, 0.2) is 0 Å². The van der Waals surface area contributed by atoms with Gasteiger partial charge in [-0.1, -0.05) is 12.1 Å². The molecule has 6 nitrogen and oxygen atoms in total. The van der Waals surface area contributed by atoms with Crippen LogP contribution >= 0.6 is 11.3 Å². The molecule has 0 saturated carbocycles. The number of nitrogens with zero attached hydrogens (tertiary/aromatic N) is 2. The van der Waals surface area contributed by atoms with Crippen molar-refractivity contribution >= 4 is 28.9 Å². The van der Waals surface area contributed by atoms with Gasteiger partial charge in [-0.05, 0) is 49.2 Å². The Balaban J connectivity index is 1.36. The largest absolute Gasteiger partial charge is 0.465 e. The third-order valence-corrected chi connectivity index (χ3v) is 6.94. The zero-order valence-corrected chi connectivity index (χ0v) is 16.9. The van der Waals surface area contributed by atoms with Crippen molar-refractivity contribution in [1.29, 1.82) is 0 Å². The molecular weight excluding hydrogens is 386 g/mol. The number of para-hydroxylation sites is 2. The molecule has 4 heterocycles. The number of methoxy groups -OCH3 is 1. The Bertz CT molecular complexity index is 1090. The van der Waals surface area contributed by atoms with E-state index in [4.69, 9.17) is 4.74 Å². The number of aromatic nitrogens is 1. The second kappa shape index (κ2) is 6.77. The summed E-state index contributed by atoms with van der Waals surface area (Å²) in [4.78, 5) is 27.5. The lowest BCUT2D eigenvalue weighted by Crippen LogP contribution is -2.51. The van der Waals surface area contributed by atoms with E-state index in [0.29, 0.717) is 22.8 Å². The molecular formula is C22H21N3O3S. The van der Waals surface area contributed by atoms with Crippen molar-refractivity contribution in [2.24, 2.45) is 0 Å². The lowest BCUT2D eigenvalue weighted by molar-refractivity contribution is 0.0605. The summed E-state index contributed by atoms with van der Waals surface area (Å²) in [5.41, 5.74) is 3.34. The maximum atomic E-state index is 12.9. The summed E-state index contributed by atoms with van der Waals surface area (Å²) in [5.74, 6) is -0.427. The number of carbonyl (C=O) groups excluding carboxylic acids is 2. The van der Waals surface area contributed by atoms with Gasteiger partial charge in [-0.2, -0.15) is 0 Å². The smallest absolute Gasteiger partial charge is 0.348 e. The van der Waals surface area contributed by atoms with Crippen LogP contribution in [0.15, 0.2) is 54.7 Å². The van der Waals surface area contributed by atoms with Gasteiger partial charge in [0.1, 0.15) is 4.88 Å². The van der Waals surface area contributed by atoms with Crippen molar-refractivity contribution < 1.29 is 14.3 Å². The van der Waals surface area contributed by atoms with E-state index >= 15 is 0 Å². The summed E-state index contributed by atoms with van der Waals surface area (Å²) < 4.78 is 7.00. The molecule has 0 aliphatic carbocycles. The molecule has 1 spiro atoms. The number of hydrogen-bond acceptors (Lipinski definition) is 5. The minimum absolute atomic E-state index is 0.0217. The fourth-order valence-corrected chi connectivity index (χ4v) is 5.28. The highest BCUT2D eigenvalue weighted by atomic mass is 32.1. The molecule has 1 N–H and O–H groups in total. The predicted octanol–water partition coefficient (Wildman–Crippen LogP) is 3.88. The number of esters is 1. The molecule has 1 saturated heterocycles. The van der Waals surface area contributed by atoms with Crippen LogP contribution in [0.2, 0.25) is 0 Å². The van der Waals surface area contributed by atoms with Crippen LogP contribution in [0.4, 0.5) is 5.69 Å². The number of ether oxygens (including phenoxy) is 1. The maximum absolute atomic E-state index is 12.9. The van der Waals surface area contributed by atoms with Gasteiger partial charge >= 0.3 is 5.97 Å². The number of thiophene rings is 1. The summed E-state index contributed by atoms with van der Waals surface area (Å²) >= 11 is 1.19. The van der Waals surface area contributed by atoms with Crippen LogP contribution in [0.5, 0.6) is 0 Å². The molecule has 2 aromatic heterocycles. The minimum Gasteiger partial charge on any atom is -0.465 e. The van der Waals surface area contributed by atoms with Gasteiger partial charge < -0.3 is 19.5 Å². The molecule has 0 bridgehead atoms. The normalized spacial score (nSPS) is 16.7. The molecule has 1 fully saturated rings. The molecule has 1 amide bonds. The Morgan fingerprint density at radius 1 is 1.03 bits per heavy atom. The molecule has 2 aliphatic heterocycles. The minimum atomic E-state index is -0.405. The first-order valence-electron chi connectivity index (χ1n) is 9.64. The Morgan fingerprint density at radius 3 is 2.59 bits per heavy atom. The average Bonchev–Trinajstić information content (AvgIpc) is 3.44. The van der Waals surface area contributed by atoms with Gasteiger partial charge in [-0.15, -0.1) is 11.3 Å². The van der Waals surface area contributed by atoms with Crippen LogP contribution in [0.3, 0.4) is 0 Å². The number of rotatable bonds is 2. The fraction of sp³-hybridized carbons (Fsp3) is 0.273. The second-order valence-corrected chi connectivity index (χ2v) is 8.52. The van der Waals surface area contributed by atoms with Crippen molar-refractivity contribution in [2.75, 3.05) is 25.5 Å². The molecule has 3 aromatic rings. The van der Waals surface area contributed by atoms with E-state index in [1.54, 1.807) is 12.1 Å². The Hall–Kier alpha value is -3.06. The second-order valence-electron chi connectivity index (χ2n) is 7.44. The number of benzene rings is 1.